The molecule has 0 aliphatic heterocycles. The molecule has 0 fully saturated rings. The molecule has 0 radical (unpaired) electrons. The van der Waals surface area contributed by atoms with Crippen molar-refractivity contribution in [2.24, 2.45) is 0 Å². The van der Waals surface area contributed by atoms with E-state index < -0.39 is 10.0 Å². The maximum Gasteiger partial charge on any atom is 0.255 e. The van der Waals surface area contributed by atoms with E-state index in [9.17, 15) is 8.42 Å². The minimum atomic E-state index is -3.57. The molecule has 2 N–H and O–H groups in total. The van der Waals surface area contributed by atoms with Gasteiger partial charge in [0.05, 0.1) is 5.69 Å². The van der Waals surface area contributed by atoms with Gasteiger partial charge in [0.25, 0.3) is 10.0 Å². The van der Waals surface area contributed by atoms with E-state index in [2.05, 4.69) is 4.98 Å². The van der Waals surface area contributed by atoms with Crippen molar-refractivity contribution in [3.8, 4) is 0 Å². The van der Waals surface area contributed by atoms with Crippen LogP contribution in [-0.2, 0) is 16.6 Å². The summed E-state index contributed by atoms with van der Waals surface area (Å²) in [6, 6.07) is 3.72. The summed E-state index contributed by atoms with van der Waals surface area (Å²) in [5.41, 5.74) is 6.08. The van der Waals surface area contributed by atoms with Gasteiger partial charge in [0.15, 0.2) is 9.34 Å². The van der Waals surface area contributed by atoms with Gasteiger partial charge in [-0.15, -0.1) is 11.3 Å². The molecular formula is C12H17N3O2S3. The summed E-state index contributed by atoms with van der Waals surface area (Å²) in [5, 5.41) is 2.22. The molecule has 0 bridgehead atoms. The number of hydrogen-bond acceptors (Lipinski definition) is 6. The number of rotatable bonds is 5. The maximum atomic E-state index is 12.8. The molecule has 0 atom stereocenters. The lowest BCUT2D eigenvalue weighted by Crippen LogP contribution is -2.36. The van der Waals surface area contributed by atoms with Crippen LogP contribution in [0.15, 0.2) is 21.7 Å². The van der Waals surface area contributed by atoms with Crippen molar-refractivity contribution in [2.75, 3.05) is 5.73 Å². The van der Waals surface area contributed by atoms with E-state index >= 15 is 0 Å². The summed E-state index contributed by atoms with van der Waals surface area (Å²) in [5.74, 6) is 0. The van der Waals surface area contributed by atoms with Crippen LogP contribution in [-0.4, -0.2) is 23.7 Å². The van der Waals surface area contributed by atoms with Gasteiger partial charge in [0, 0.05) is 17.5 Å². The second-order valence-corrected chi connectivity index (χ2v) is 8.80. The van der Waals surface area contributed by atoms with Gasteiger partial charge in [-0.25, -0.2) is 13.4 Å². The first kappa shape index (κ1) is 15.4. The fourth-order valence-electron chi connectivity index (χ4n) is 1.85. The standard InChI is InChI=1S/C12H17N3O2S3/c1-8(2)15(7-10-5-4-6-18-10)20(16,17)11-9(3)14-12(13)19-11/h4-6,8H,7H2,1-3H3,(H2,13,14). The van der Waals surface area contributed by atoms with Crippen LogP contribution in [0.1, 0.15) is 24.4 Å². The van der Waals surface area contributed by atoms with Crippen LogP contribution < -0.4 is 5.73 Å². The molecule has 0 saturated heterocycles. The minimum Gasteiger partial charge on any atom is -0.375 e. The molecule has 2 aromatic heterocycles. The van der Waals surface area contributed by atoms with Crippen LogP contribution in [0.25, 0.3) is 0 Å². The van der Waals surface area contributed by atoms with E-state index in [4.69, 9.17) is 5.73 Å². The molecule has 0 unspecified atom stereocenters. The zero-order valence-electron chi connectivity index (χ0n) is 11.5. The molecule has 0 aromatic carbocycles. The Kier molecular flexibility index (Phi) is 4.48. The van der Waals surface area contributed by atoms with Crippen molar-refractivity contribution >= 4 is 37.8 Å². The Bertz CT molecular complexity index is 675. The average Bonchev–Trinajstić information content (AvgIpc) is 2.95. The predicted octanol–water partition coefficient (Wildman–Crippen LogP) is 2.69. The largest absolute Gasteiger partial charge is 0.375 e. The van der Waals surface area contributed by atoms with Crippen LogP contribution in [0.3, 0.4) is 0 Å². The highest BCUT2D eigenvalue weighted by Gasteiger charge is 2.31. The SMILES string of the molecule is Cc1nc(N)sc1S(=O)(=O)N(Cc1cccs1)C(C)C. The minimum absolute atomic E-state index is 0.134. The van der Waals surface area contributed by atoms with E-state index in [1.807, 2.05) is 31.4 Å². The fourth-order valence-corrected chi connectivity index (χ4v) is 5.66. The Hall–Kier alpha value is -0.960. The number of nitrogen functional groups attached to an aromatic ring is 1. The molecule has 0 amide bonds. The number of aryl methyl sites for hydroxylation is 1. The van der Waals surface area contributed by atoms with Crippen molar-refractivity contribution in [3.63, 3.8) is 0 Å². The number of anilines is 1. The highest BCUT2D eigenvalue weighted by atomic mass is 32.2. The zero-order chi connectivity index (χ0) is 14.9. The van der Waals surface area contributed by atoms with Crippen molar-refractivity contribution in [1.82, 2.24) is 9.29 Å². The van der Waals surface area contributed by atoms with E-state index in [0.29, 0.717) is 12.2 Å². The molecule has 110 valence electrons. The summed E-state index contributed by atoms with van der Waals surface area (Å²) < 4.78 is 27.3. The van der Waals surface area contributed by atoms with Gasteiger partial charge in [-0.2, -0.15) is 4.31 Å². The molecule has 2 heterocycles. The lowest BCUT2D eigenvalue weighted by molar-refractivity contribution is 0.351. The van der Waals surface area contributed by atoms with E-state index in [0.717, 1.165) is 16.2 Å². The molecular weight excluding hydrogens is 314 g/mol. The molecule has 0 saturated carbocycles. The van der Waals surface area contributed by atoms with Crippen LogP contribution in [0, 0.1) is 6.92 Å². The van der Waals surface area contributed by atoms with Crippen LogP contribution in [0.2, 0.25) is 0 Å². The smallest absolute Gasteiger partial charge is 0.255 e. The van der Waals surface area contributed by atoms with Crippen molar-refractivity contribution in [2.45, 2.75) is 37.6 Å². The fraction of sp³-hybridized carbons (Fsp3) is 0.417. The van der Waals surface area contributed by atoms with Crippen LogP contribution >= 0.6 is 22.7 Å². The highest BCUT2D eigenvalue weighted by Crippen LogP contribution is 2.30. The number of nitrogens with two attached hydrogens (primary N) is 1. The Balaban J connectivity index is 2.40. The first-order valence-corrected chi connectivity index (χ1v) is 9.23. The highest BCUT2D eigenvalue weighted by molar-refractivity contribution is 7.91. The molecule has 5 nitrogen and oxygen atoms in total. The third-order valence-electron chi connectivity index (χ3n) is 2.78. The quantitative estimate of drug-likeness (QED) is 0.914. The van der Waals surface area contributed by atoms with E-state index in [1.54, 1.807) is 18.3 Å². The molecule has 2 rings (SSSR count). The van der Waals surface area contributed by atoms with E-state index in [-0.39, 0.29) is 15.4 Å². The average molecular weight is 331 g/mol. The maximum absolute atomic E-state index is 12.8. The molecule has 8 heteroatoms. The normalized spacial score (nSPS) is 12.4. The lowest BCUT2D eigenvalue weighted by Gasteiger charge is -2.24. The third-order valence-corrected chi connectivity index (χ3v) is 7.24. The number of aromatic nitrogens is 1. The van der Waals surface area contributed by atoms with Crippen molar-refractivity contribution in [3.05, 3.63) is 28.1 Å². The van der Waals surface area contributed by atoms with Gasteiger partial charge < -0.3 is 5.73 Å². The lowest BCUT2D eigenvalue weighted by atomic mass is 10.4. The van der Waals surface area contributed by atoms with Gasteiger partial charge in [-0.3, -0.25) is 0 Å². The Labute approximate surface area is 127 Å². The second-order valence-electron chi connectivity index (χ2n) is 4.65. The summed E-state index contributed by atoms with van der Waals surface area (Å²) in [7, 11) is -3.57. The van der Waals surface area contributed by atoms with Crippen LogP contribution in [0.5, 0.6) is 0 Å². The number of thiophene rings is 1. The Morgan fingerprint density at radius 3 is 2.60 bits per heavy atom. The first-order chi connectivity index (χ1) is 9.32. The number of nitrogens with zero attached hydrogens (tertiary/aromatic N) is 2. The number of sulfonamides is 1. The monoisotopic (exact) mass is 331 g/mol. The molecule has 0 aliphatic rings. The molecule has 20 heavy (non-hydrogen) atoms. The van der Waals surface area contributed by atoms with Gasteiger partial charge in [-0.1, -0.05) is 17.4 Å². The van der Waals surface area contributed by atoms with Crippen molar-refractivity contribution < 1.29 is 8.42 Å². The molecule has 0 aliphatic carbocycles. The molecule has 2 aromatic rings. The van der Waals surface area contributed by atoms with E-state index in [1.165, 1.54) is 4.31 Å². The van der Waals surface area contributed by atoms with Gasteiger partial charge in [0.2, 0.25) is 0 Å². The van der Waals surface area contributed by atoms with Gasteiger partial charge >= 0.3 is 0 Å². The van der Waals surface area contributed by atoms with Crippen molar-refractivity contribution in [1.29, 1.82) is 0 Å². The number of thiazole rings is 1. The summed E-state index contributed by atoms with van der Waals surface area (Å²) in [6.45, 7) is 5.77. The Morgan fingerprint density at radius 1 is 1.45 bits per heavy atom. The Morgan fingerprint density at radius 2 is 2.15 bits per heavy atom. The van der Waals surface area contributed by atoms with Gasteiger partial charge in [-0.05, 0) is 32.2 Å². The third kappa shape index (κ3) is 3.03. The summed E-state index contributed by atoms with van der Waals surface area (Å²) in [4.78, 5) is 5.02. The topological polar surface area (TPSA) is 76.3 Å². The summed E-state index contributed by atoms with van der Waals surface area (Å²) >= 11 is 2.57. The predicted molar refractivity (Wildman–Crippen MR) is 83.4 cm³/mol. The van der Waals surface area contributed by atoms with Crippen LogP contribution in [0.4, 0.5) is 5.13 Å². The van der Waals surface area contributed by atoms with Gasteiger partial charge in [0.1, 0.15) is 0 Å². The second kappa shape index (κ2) is 5.80. The zero-order valence-corrected chi connectivity index (χ0v) is 14.0. The molecule has 0 spiro atoms. The number of hydrogen-bond donors (Lipinski definition) is 1. The first-order valence-electron chi connectivity index (χ1n) is 6.09. The summed E-state index contributed by atoms with van der Waals surface area (Å²) in [6.07, 6.45) is 0.